The van der Waals surface area contributed by atoms with E-state index in [-0.39, 0.29) is 33.8 Å². The molecule has 0 saturated carbocycles. The van der Waals surface area contributed by atoms with Crippen molar-refractivity contribution in [2.24, 2.45) is 0 Å². The van der Waals surface area contributed by atoms with Crippen LogP contribution in [0, 0.1) is 0 Å². The van der Waals surface area contributed by atoms with Gasteiger partial charge in [-0.2, -0.15) is 0 Å². The molecule has 29 nitrogen and oxygen atoms in total. The zero-order valence-electron chi connectivity index (χ0n) is 41.9. The summed E-state index contributed by atoms with van der Waals surface area (Å²) in [7, 11) is 3.95. The van der Waals surface area contributed by atoms with E-state index in [1.165, 1.54) is 47.5 Å². The van der Waals surface area contributed by atoms with Gasteiger partial charge in [0.25, 0.3) is 0 Å². The minimum atomic E-state index is -2.13. The van der Waals surface area contributed by atoms with E-state index in [2.05, 4.69) is 0 Å². The summed E-state index contributed by atoms with van der Waals surface area (Å²) in [5, 5.41) is 151. The summed E-state index contributed by atoms with van der Waals surface area (Å²) in [6, 6.07) is 7.81. The molecule has 432 valence electrons. The average molecular weight is 1110 g/mol. The Hall–Kier alpha value is -4.07. The highest BCUT2D eigenvalue weighted by Crippen LogP contribution is 2.45. The number of aliphatic hydroxyl groups is 14. The Kier molecular flexibility index (Phi) is 19.0. The minimum absolute atomic E-state index is 0.0776. The number of benzene rings is 2. The molecule has 5 aliphatic rings. The second kappa shape index (κ2) is 24.7. The fourth-order valence-corrected chi connectivity index (χ4v) is 9.56. The van der Waals surface area contributed by atoms with E-state index in [1.807, 2.05) is 0 Å². The molecule has 3 aromatic rings. The van der Waals surface area contributed by atoms with Crippen molar-refractivity contribution in [3.63, 3.8) is 0 Å². The number of hydrogen-bond acceptors (Lipinski definition) is 29. The van der Waals surface area contributed by atoms with Gasteiger partial charge in [-0.15, -0.1) is 0 Å². The number of methoxy groups -OCH3 is 3. The molecular formula is C48H66O29. The van der Waals surface area contributed by atoms with Gasteiger partial charge < -0.3 is 137 Å². The molecule has 0 unspecified atom stereocenters. The molecule has 6 heterocycles. The standard InChI is InChI=1S/C48H66O29/c1-15-26(50)32(56)35(59)44(70-15)68-14-24-31(55)43(39(63)48(75-24)72-21-10-20-25(41(66-5)40(21)65-4)28(52)19(12-67-20)17-6-8-18(64-3)9-7-17)77-47-37(61)34(58)30(54)23(74-47)13-69-45-38(62)42(27(51)16(2)71-45)76-46-36(60)33(57)29(53)22(11-49)73-46/h6-10,12,15-16,22-24,26-27,29-39,42-51,53-63H,11,13-14H2,1-5H3/t15-,16-,22+,23+,24+,26-,27-,29+,30+,31+,32+,33-,34-,35+,36+,37+,38+,39+,42+,43-,44+,45+,46-,47-,48+/m0/s1. The van der Waals surface area contributed by atoms with Gasteiger partial charge in [0, 0.05) is 6.07 Å². The second-order valence-electron chi connectivity index (χ2n) is 19.1. The number of aliphatic hydroxyl groups excluding tert-OH is 14. The first kappa shape index (κ1) is 59.1. The maximum Gasteiger partial charge on any atom is 0.229 e. The molecule has 25 atom stereocenters. The molecule has 2 aromatic carbocycles. The Morgan fingerprint density at radius 1 is 0.494 bits per heavy atom. The molecule has 0 spiro atoms. The lowest BCUT2D eigenvalue weighted by Crippen LogP contribution is -2.66. The lowest BCUT2D eigenvalue weighted by molar-refractivity contribution is -0.371. The fourth-order valence-electron chi connectivity index (χ4n) is 9.56. The van der Waals surface area contributed by atoms with Gasteiger partial charge in [0.2, 0.25) is 17.5 Å². The third-order valence-corrected chi connectivity index (χ3v) is 14.2. The zero-order chi connectivity index (χ0) is 55.9. The van der Waals surface area contributed by atoms with Crippen molar-refractivity contribution in [1.29, 1.82) is 0 Å². The first-order chi connectivity index (χ1) is 36.6. The predicted molar refractivity (Wildman–Crippen MR) is 250 cm³/mol. The maximum absolute atomic E-state index is 14.1. The van der Waals surface area contributed by atoms with Crippen LogP contribution in [0.15, 0.2) is 45.8 Å². The van der Waals surface area contributed by atoms with Crippen molar-refractivity contribution < 1.29 is 137 Å². The first-order valence-corrected chi connectivity index (χ1v) is 24.4. The van der Waals surface area contributed by atoms with Crippen molar-refractivity contribution >= 4 is 11.0 Å². The smallest absolute Gasteiger partial charge is 0.229 e. The molecule has 0 radical (unpaired) electrons. The largest absolute Gasteiger partial charge is 0.497 e. The van der Waals surface area contributed by atoms with Crippen LogP contribution >= 0.6 is 0 Å². The van der Waals surface area contributed by atoms with Crippen LogP contribution in [0.25, 0.3) is 22.1 Å². The summed E-state index contributed by atoms with van der Waals surface area (Å²) in [5.74, 6) is -0.115. The third-order valence-electron chi connectivity index (χ3n) is 14.2. The van der Waals surface area contributed by atoms with E-state index in [9.17, 15) is 76.3 Å². The number of fused-ring (bicyclic) bond motifs is 1. The van der Waals surface area contributed by atoms with Crippen LogP contribution in [0.3, 0.4) is 0 Å². The molecule has 14 N–H and O–H groups in total. The molecule has 5 saturated heterocycles. The van der Waals surface area contributed by atoms with Crippen molar-refractivity contribution in [1.82, 2.24) is 0 Å². The summed E-state index contributed by atoms with van der Waals surface area (Å²) < 4.78 is 80.2. The Balaban J connectivity index is 1.04. The summed E-state index contributed by atoms with van der Waals surface area (Å²) in [6.45, 7) is 0.437. The van der Waals surface area contributed by atoms with Crippen LogP contribution in [0.4, 0.5) is 0 Å². The van der Waals surface area contributed by atoms with E-state index in [1.54, 1.807) is 24.3 Å². The highest BCUT2D eigenvalue weighted by atomic mass is 16.8. The van der Waals surface area contributed by atoms with Gasteiger partial charge in [-0.1, -0.05) is 12.1 Å². The van der Waals surface area contributed by atoms with E-state index >= 15 is 0 Å². The molecule has 5 fully saturated rings. The number of rotatable bonds is 17. The Morgan fingerprint density at radius 3 is 1.55 bits per heavy atom. The monoisotopic (exact) mass is 1110 g/mol. The Labute approximate surface area is 437 Å². The van der Waals surface area contributed by atoms with Crippen LogP contribution < -0.4 is 24.4 Å². The molecule has 0 amide bonds. The molecule has 8 rings (SSSR count). The van der Waals surface area contributed by atoms with E-state index < -0.39 is 179 Å². The lowest BCUT2D eigenvalue weighted by atomic mass is 9.96. The summed E-state index contributed by atoms with van der Waals surface area (Å²) in [6.07, 6.45) is -42.9. The van der Waals surface area contributed by atoms with Crippen molar-refractivity contribution in [2.45, 2.75) is 167 Å². The van der Waals surface area contributed by atoms with Gasteiger partial charge in [-0.05, 0) is 31.5 Å². The van der Waals surface area contributed by atoms with Crippen molar-refractivity contribution in [2.75, 3.05) is 41.2 Å². The van der Waals surface area contributed by atoms with Crippen molar-refractivity contribution in [3.05, 3.63) is 46.8 Å². The molecule has 29 heteroatoms. The fraction of sp³-hybridized carbons (Fsp3) is 0.688. The highest BCUT2D eigenvalue weighted by molar-refractivity contribution is 5.91. The summed E-state index contributed by atoms with van der Waals surface area (Å²) in [5.41, 5.74) is -0.0173. The molecule has 0 bridgehead atoms. The second-order valence-corrected chi connectivity index (χ2v) is 19.1. The number of ether oxygens (including phenoxy) is 13. The predicted octanol–water partition coefficient (Wildman–Crippen LogP) is -5.98. The van der Waals surface area contributed by atoms with Gasteiger partial charge >= 0.3 is 0 Å². The molecule has 0 aliphatic carbocycles. The van der Waals surface area contributed by atoms with E-state index in [0.29, 0.717) is 11.3 Å². The van der Waals surface area contributed by atoms with Crippen LogP contribution in [-0.4, -0.2) is 266 Å². The van der Waals surface area contributed by atoms with Crippen LogP contribution in [-0.2, 0) is 42.6 Å². The lowest BCUT2D eigenvalue weighted by Gasteiger charge is -2.47. The maximum atomic E-state index is 14.1. The van der Waals surface area contributed by atoms with Crippen molar-refractivity contribution in [3.8, 4) is 34.1 Å². The first-order valence-electron chi connectivity index (χ1n) is 24.4. The Bertz CT molecular complexity index is 2460. The normalized spacial score (nSPS) is 41.7. The highest BCUT2D eigenvalue weighted by Gasteiger charge is 2.54. The zero-order valence-corrected chi connectivity index (χ0v) is 41.9. The van der Waals surface area contributed by atoms with E-state index in [0.717, 1.165) is 0 Å². The van der Waals surface area contributed by atoms with Crippen LogP contribution in [0.2, 0.25) is 0 Å². The van der Waals surface area contributed by atoms with Gasteiger partial charge in [0.15, 0.2) is 36.7 Å². The molecule has 77 heavy (non-hydrogen) atoms. The Morgan fingerprint density at radius 2 is 0.974 bits per heavy atom. The van der Waals surface area contributed by atoms with Gasteiger partial charge in [0.05, 0.1) is 58.9 Å². The summed E-state index contributed by atoms with van der Waals surface area (Å²) >= 11 is 0. The van der Waals surface area contributed by atoms with Gasteiger partial charge in [0.1, 0.15) is 133 Å². The average Bonchev–Trinajstić information content (AvgIpc) is 3.44. The van der Waals surface area contributed by atoms with Gasteiger partial charge in [-0.25, -0.2) is 0 Å². The minimum Gasteiger partial charge on any atom is -0.497 e. The summed E-state index contributed by atoms with van der Waals surface area (Å²) in [4.78, 5) is 14.1. The topological polar surface area (TPSA) is 433 Å². The van der Waals surface area contributed by atoms with Crippen LogP contribution in [0.5, 0.6) is 23.0 Å². The number of hydrogen-bond donors (Lipinski definition) is 14. The molecule has 5 aliphatic heterocycles. The quantitative estimate of drug-likeness (QED) is 0.0598. The van der Waals surface area contributed by atoms with Crippen LogP contribution in [0.1, 0.15) is 13.8 Å². The van der Waals surface area contributed by atoms with Gasteiger partial charge in [-0.3, -0.25) is 4.79 Å². The molecular weight excluding hydrogens is 1040 g/mol. The third kappa shape index (κ3) is 11.8. The molecule has 1 aromatic heterocycles. The SMILES string of the molecule is COc1ccc(-c2coc3cc(O[C@@H]4O[C@H](CO[C@@H]5O[C@@H](C)[C@H](O)[C@@H](O)[C@H]5O)[C@@H](O)[C@H](O[C@@H]5O[C@H](CO[C@@H]6O[C@@H](C)[C@H](O)[C@@H](O[C@@H]7O[C@H](CO)[C@@H](O)[C@H](O)[C@H]7O)[C@H]6O)[C@@H](O)[C@H](O)[C@H]5O)[C@H]4O)c(OC)c(OC)c3c2=O)cc1. The van der Waals surface area contributed by atoms with E-state index in [4.69, 9.17) is 66.0 Å².